The molecule has 0 saturated carbocycles. The van der Waals surface area contributed by atoms with Crippen molar-refractivity contribution in [2.45, 2.75) is 11.4 Å². The van der Waals surface area contributed by atoms with E-state index in [0.717, 1.165) is 0 Å². The van der Waals surface area contributed by atoms with Crippen molar-refractivity contribution in [1.82, 2.24) is 13.7 Å². The lowest BCUT2D eigenvalue weighted by atomic mass is 10.2. The molecule has 2 aromatic heterocycles. The quantitative estimate of drug-likeness (QED) is 0.475. The van der Waals surface area contributed by atoms with Gasteiger partial charge in [-0.3, -0.25) is 0 Å². The second-order valence-electron chi connectivity index (χ2n) is 6.07. The fourth-order valence-electron chi connectivity index (χ4n) is 3.07. The zero-order valence-corrected chi connectivity index (χ0v) is 16.3. The molecule has 28 heavy (non-hydrogen) atoms. The van der Waals surface area contributed by atoms with E-state index in [2.05, 4.69) is 10.3 Å². The average Bonchev–Trinajstić information content (AvgIpc) is 3.27. The minimum Gasteiger partial charge on any atom is -0.379 e. The maximum atomic E-state index is 13.0. The lowest BCUT2D eigenvalue weighted by Crippen LogP contribution is -2.41. The fourth-order valence-corrected chi connectivity index (χ4v) is 5.41. The molecule has 4 rings (SSSR count). The molecule has 1 fully saturated rings. The maximum Gasteiger partial charge on any atom is 0.372 e. The minimum atomic E-state index is -3.68. The van der Waals surface area contributed by atoms with Gasteiger partial charge in [0.25, 0.3) is 4.96 Å². The Morgan fingerprint density at radius 3 is 2.79 bits per heavy atom. The number of nitrogens with one attached hydrogen (secondary N) is 1. The molecule has 0 amide bonds. The van der Waals surface area contributed by atoms with E-state index in [1.54, 1.807) is 35.8 Å². The summed E-state index contributed by atoms with van der Waals surface area (Å²) in [6, 6.07) is 6.62. The number of nitrogens with zero attached hydrogens (tertiary/aromatic N) is 4. The number of nitro groups is 1. The normalized spacial score (nSPS) is 15.7. The lowest BCUT2D eigenvalue weighted by Gasteiger charge is -2.27. The van der Waals surface area contributed by atoms with Gasteiger partial charge in [-0.25, -0.2) is 8.42 Å². The second-order valence-corrected chi connectivity index (χ2v) is 8.85. The van der Waals surface area contributed by atoms with Crippen molar-refractivity contribution in [1.29, 1.82) is 0 Å². The third-order valence-electron chi connectivity index (χ3n) is 4.42. The standard InChI is InChI=1S/C16H17N5O5S2/c22-21(23)15-14(18-16-20(15)7-10-27-16)17-11-12-3-1-2-4-13(12)28(24,25)19-5-8-26-9-6-19/h1-4,7,10,17H,5-6,8-9,11H2. The van der Waals surface area contributed by atoms with Crippen LogP contribution in [0.2, 0.25) is 0 Å². The molecule has 0 radical (unpaired) electrons. The van der Waals surface area contributed by atoms with Crippen LogP contribution in [0.1, 0.15) is 5.56 Å². The topological polar surface area (TPSA) is 119 Å². The second kappa shape index (κ2) is 7.47. The molecular weight excluding hydrogens is 406 g/mol. The van der Waals surface area contributed by atoms with E-state index >= 15 is 0 Å². The number of fused-ring (bicyclic) bond motifs is 1. The molecule has 1 N–H and O–H groups in total. The summed E-state index contributed by atoms with van der Waals surface area (Å²) in [5.74, 6) is -0.0693. The lowest BCUT2D eigenvalue weighted by molar-refractivity contribution is -0.389. The van der Waals surface area contributed by atoms with Gasteiger partial charge >= 0.3 is 5.82 Å². The summed E-state index contributed by atoms with van der Waals surface area (Å²) < 4.78 is 34.0. The van der Waals surface area contributed by atoms with E-state index in [1.165, 1.54) is 20.0 Å². The van der Waals surface area contributed by atoms with E-state index in [4.69, 9.17) is 4.74 Å². The van der Waals surface area contributed by atoms with Crippen molar-refractivity contribution in [3.8, 4) is 0 Å². The van der Waals surface area contributed by atoms with Gasteiger partial charge in [0.15, 0.2) is 0 Å². The van der Waals surface area contributed by atoms with Gasteiger partial charge in [-0.05, 0) is 16.6 Å². The van der Waals surface area contributed by atoms with Gasteiger partial charge < -0.3 is 20.2 Å². The number of imidazole rings is 1. The first-order valence-corrected chi connectivity index (χ1v) is 10.8. The van der Waals surface area contributed by atoms with Crippen LogP contribution in [0, 0.1) is 10.1 Å². The summed E-state index contributed by atoms with van der Waals surface area (Å²) in [6.07, 6.45) is 1.58. The Bertz CT molecular complexity index is 1120. The summed E-state index contributed by atoms with van der Waals surface area (Å²) >= 11 is 1.28. The average molecular weight is 423 g/mol. The number of benzene rings is 1. The predicted molar refractivity (Wildman–Crippen MR) is 103 cm³/mol. The zero-order chi connectivity index (χ0) is 19.7. The molecule has 0 unspecified atom stereocenters. The van der Waals surface area contributed by atoms with Crippen LogP contribution in [0.4, 0.5) is 11.6 Å². The number of rotatable bonds is 6. The van der Waals surface area contributed by atoms with Crippen LogP contribution in [0.25, 0.3) is 4.96 Å². The molecule has 148 valence electrons. The van der Waals surface area contributed by atoms with Crippen molar-refractivity contribution in [2.24, 2.45) is 0 Å². The number of sulfonamides is 1. The third-order valence-corrected chi connectivity index (χ3v) is 7.17. The molecule has 1 saturated heterocycles. The number of thiazole rings is 1. The van der Waals surface area contributed by atoms with Gasteiger partial charge in [0, 0.05) is 25.0 Å². The Hall–Kier alpha value is -2.54. The highest BCUT2D eigenvalue weighted by Gasteiger charge is 2.29. The van der Waals surface area contributed by atoms with Crippen molar-refractivity contribution < 1.29 is 18.1 Å². The van der Waals surface area contributed by atoms with Gasteiger partial charge in [0.2, 0.25) is 15.8 Å². The van der Waals surface area contributed by atoms with Gasteiger partial charge in [-0.15, -0.1) is 0 Å². The molecule has 0 aliphatic carbocycles. The maximum absolute atomic E-state index is 13.0. The molecule has 12 heteroatoms. The molecule has 1 aromatic carbocycles. The molecule has 0 bridgehead atoms. The largest absolute Gasteiger partial charge is 0.379 e. The Labute approximate surface area is 164 Å². The van der Waals surface area contributed by atoms with Crippen LogP contribution < -0.4 is 5.32 Å². The number of anilines is 1. The molecule has 0 spiro atoms. The highest BCUT2D eigenvalue weighted by molar-refractivity contribution is 7.89. The van der Waals surface area contributed by atoms with Crippen LogP contribution in [0.3, 0.4) is 0 Å². The van der Waals surface area contributed by atoms with Gasteiger partial charge in [-0.1, -0.05) is 29.5 Å². The molecule has 1 aliphatic rings. The summed E-state index contributed by atoms with van der Waals surface area (Å²) in [6.45, 7) is 1.40. The number of ether oxygens (including phenoxy) is 1. The van der Waals surface area contributed by atoms with Crippen LogP contribution in [0.15, 0.2) is 40.7 Å². The monoisotopic (exact) mass is 423 g/mol. The first-order valence-electron chi connectivity index (χ1n) is 8.48. The Balaban J connectivity index is 1.63. The van der Waals surface area contributed by atoms with Crippen molar-refractivity contribution in [2.75, 3.05) is 31.6 Å². The van der Waals surface area contributed by atoms with E-state index in [-0.39, 0.29) is 23.1 Å². The fraction of sp³-hybridized carbons (Fsp3) is 0.312. The Morgan fingerprint density at radius 2 is 2.04 bits per heavy atom. The molecule has 3 aromatic rings. The summed E-state index contributed by atoms with van der Waals surface area (Å²) in [5, 5.41) is 16.1. The molecular formula is C16H17N5O5S2. The van der Waals surface area contributed by atoms with E-state index < -0.39 is 14.9 Å². The smallest absolute Gasteiger partial charge is 0.372 e. The number of aromatic nitrogens is 2. The highest BCUT2D eigenvalue weighted by atomic mass is 32.2. The van der Waals surface area contributed by atoms with Crippen molar-refractivity contribution in [3.63, 3.8) is 0 Å². The van der Waals surface area contributed by atoms with Crippen LogP contribution >= 0.6 is 11.3 Å². The van der Waals surface area contributed by atoms with Crippen LogP contribution in [-0.2, 0) is 21.3 Å². The first kappa shape index (κ1) is 18.8. The van der Waals surface area contributed by atoms with E-state index in [1.807, 2.05) is 0 Å². The Morgan fingerprint density at radius 1 is 1.29 bits per heavy atom. The van der Waals surface area contributed by atoms with E-state index in [9.17, 15) is 18.5 Å². The molecule has 1 aliphatic heterocycles. The van der Waals surface area contributed by atoms with Crippen LogP contribution in [0.5, 0.6) is 0 Å². The van der Waals surface area contributed by atoms with Crippen molar-refractivity contribution >= 4 is 38.0 Å². The summed E-state index contributed by atoms with van der Waals surface area (Å²) in [7, 11) is -3.68. The zero-order valence-electron chi connectivity index (χ0n) is 14.6. The molecule has 0 atom stereocenters. The SMILES string of the molecule is O=[N+]([O-])c1c(NCc2ccccc2S(=O)(=O)N2CCOCC2)nc2sccn12. The van der Waals surface area contributed by atoms with E-state index in [0.29, 0.717) is 36.8 Å². The predicted octanol–water partition coefficient (Wildman–Crippen LogP) is 1.94. The van der Waals surface area contributed by atoms with Crippen molar-refractivity contribution in [3.05, 3.63) is 51.5 Å². The summed E-state index contributed by atoms with van der Waals surface area (Å²) in [5.41, 5.74) is 0.514. The third kappa shape index (κ3) is 3.35. The minimum absolute atomic E-state index is 0.0887. The Kier molecular flexibility index (Phi) is 5.02. The number of hydrogen-bond donors (Lipinski definition) is 1. The number of hydrogen-bond acceptors (Lipinski definition) is 8. The highest BCUT2D eigenvalue weighted by Crippen LogP contribution is 2.29. The van der Waals surface area contributed by atoms with Gasteiger partial charge in [0.05, 0.1) is 18.1 Å². The first-order chi connectivity index (χ1) is 13.5. The summed E-state index contributed by atoms with van der Waals surface area (Å²) in [4.78, 5) is 15.8. The van der Waals surface area contributed by atoms with Gasteiger partial charge in [-0.2, -0.15) is 13.7 Å². The van der Waals surface area contributed by atoms with Crippen LogP contribution in [-0.4, -0.2) is 53.3 Å². The molecule has 10 nitrogen and oxygen atoms in total. The van der Waals surface area contributed by atoms with Gasteiger partial charge in [0.1, 0.15) is 6.20 Å². The molecule has 3 heterocycles. The number of morpholine rings is 1.